The summed E-state index contributed by atoms with van der Waals surface area (Å²) in [6.07, 6.45) is 5.28. The third kappa shape index (κ3) is 4.58. The van der Waals surface area contributed by atoms with Gasteiger partial charge in [-0.15, -0.1) is 0 Å². The number of benzene rings is 2. The van der Waals surface area contributed by atoms with E-state index >= 15 is 0 Å². The molecule has 0 spiro atoms. The molecule has 2 aromatic carbocycles. The summed E-state index contributed by atoms with van der Waals surface area (Å²) < 4.78 is 5.68. The molecule has 1 aliphatic heterocycles. The molecule has 8 nitrogen and oxygen atoms in total. The quantitative estimate of drug-likeness (QED) is 0.297. The van der Waals surface area contributed by atoms with Gasteiger partial charge >= 0.3 is 5.69 Å². The summed E-state index contributed by atoms with van der Waals surface area (Å²) in [5, 5.41) is 15.1. The van der Waals surface area contributed by atoms with Gasteiger partial charge in [0.1, 0.15) is 12.1 Å². The van der Waals surface area contributed by atoms with Crippen molar-refractivity contribution < 1.29 is 9.66 Å². The fourth-order valence-corrected chi connectivity index (χ4v) is 3.69. The molecule has 2 heterocycles. The van der Waals surface area contributed by atoms with Crippen molar-refractivity contribution in [3.8, 4) is 5.75 Å². The summed E-state index contributed by atoms with van der Waals surface area (Å²) in [5.74, 6) is 1.23. The Morgan fingerprint density at radius 2 is 1.97 bits per heavy atom. The molecule has 0 unspecified atom stereocenters. The molecule has 3 aromatic rings. The van der Waals surface area contributed by atoms with Crippen LogP contribution in [-0.2, 0) is 6.42 Å². The number of unbranched alkanes of at least 4 members (excludes halogenated alkanes) is 1. The van der Waals surface area contributed by atoms with Crippen LogP contribution in [0.25, 0.3) is 0 Å². The maximum absolute atomic E-state index is 12.0. The zero-order valence-electron chi connectivity index (χ0n) is 17.5. The lowest BCUT2D eigenvalue weighted by molar-refractivity contribution is -0.383. The normalized spacial score (nSPS) is 12.9. The first-order valence-corrected chi connectivity index (χ1v) is 10.5. The number of rotatable bonds is 8. The minimum atomic E-state index is -0.420. The standard InChI is InChI=1S/C23H25N5O3/c1-2-3-15-31-19-12-10-18(11-13-19)26-22-21(28(29)30)23(25-16-24-22)27-14-6-8-17-7-4-5-9-20(17)27/h4-5,7,9-13,16H,2-3,6,8,14-15H2,1H3,(H,24,25,26). The molecular formula is C23H25N5O3. The number of nitro groups is 1. The first-order valence-electron chi connectivity index (χ1n) is 10.5. The van der Waals surface area contributed by atoms with E-state index in [-0.39, 0.29) is 11.5 Å². The average molecular weight is 419 g/mol. The predicted octanol–water partition coefficient (Wildman–Crippen LogP) is 5.39. The van der Waals surface area contributed by atoms with Crippen LogP contribution in [0, 0.1) is 10.1 Å². The first kappa shape index (κ1) is 20.6. The van der Waals surface area contributed by atoms with E-state index in [0.29, 0.717) is 24.7 Å². The first-order chi connectivity index (χ1) is 15.2. The molecule has 0 fully saturated rings. The topological polar surface area (TPSA) is 93.4 Å². The Morgan fingerprint density at radius 1 is 1.16 bits per heavy atom. The monoisotopic (exact) mass is 419 g/mol. The minimum Gasteiger partial charge on any atom is -0.494 e. The highest BCUT2D eigenvalue weighted by Crippen LogP contribution is 2.40. The van der Waals surface area contributed by atoms with E-state index < -0.39 is 4.92 Å². The number of aromatic nitrogens is 2. The third-order valence-electron chi connectivity index (χ3n) is 5.24. The highest BCUT2D eigenvalue weighted by atomic mass is 16.6. The maximum atomic E-state index is 12.0. The Hall–Kier alpha value is -3.68. The van der Waals surface area contributed by atoms with Gasteiger partial charge in [0.15, 0.2) is 0 Å². The highest BCUT2D eigenvalue weighted by Gasteiger charge is 2.30. The summed E-state index contributed by atoms with van der Waals surface area (Å²) in [6.45, 7) is 3.45. The lowest BCUT2D eigenvalue weighted by Crippen LogP contribution is -2.26. The van der Waals surface area contributed by atoms with Crippen LogP contribution in [0.15, 0.2) is 54.9 Å². The molecular weight excluding hydrogens is 394 g/mol. The van der Waals surface area contributed by atoms with E-state index in [4.69, 9.17) is 4.74 Å². The Bertz CT molecular complexity index is 1060. The molecule has 1 aliphatic rings. The number of hydrogen-bond donors (Lipinski definition) is 1. The Balaban J connectivity index is 1.62. The highest BCUT2D eigenvalue weighted by molar-refractivity contribution is 5.79. The zero-order valence-corrected chi connectivity index (χ0v) is 17.5. The van der Waals surface area contributed by atoms with Crippen LogP contribution in [0.3, 0.4) is 0 Å². The Kier molecular flexibility index (Phi) is 6.26. The molecule has 4 rings (SSSR count). The number of para-hydroxylation sites is 1. The number of anilines is 4. The van der Waals surface area contributed by atoms with Crippen LogP contribution in [0.5, 0.6) is 5.75 Å². The third-order valence-corrected chi connectivity index (χ3v) is 5.24. The molecule has 0 bridgehead atoms. The second-order valence-corrected chi connectivity index (χ2v) is 7.39. The van der Waals surface area contributed by atoms with Crippen molar-refractivity contribution >= 4 is 28.7 Å². The Labute approximate surface area is 181 Å². The average Bonchev–Trinajstić information content (AvgIpc) is 2.80. The molecule has 0 saturated heterocycles. The number of fused-ring (bicyclic) bond motifs is 1. The second-order valence-electron chi connectivity index (χ2n) is 7.39. The van der Waals surface area contributed by atoms with Crippen LogP contribution in [0.2, 0.25) is 0 Å². The van der Waals surface area contributed by atoms with Crippen LogP contribution in [-0.4, -0.2) is 28.0 Å². The van der Waals surface area contributed by atoms with Gasteiger partial charge in [-0.1, -0.05) is 31.5 Å². The van der Waals surface area contributed by atoms with E-state index in [1.165, 1.54) is 6.33 Å². The molecule has 0 saturated carbocycles. The van der Waals surface area contributed by atoms with Crippen molar-refractivity contribution in [2.45, 2.75) is 32.6 Å². The summed E-state index contributed by atoms with van der Waals surface area (Å²) in [5.41, 5.74) is 2.67. The van der Waals surface area contributed by atoms with Crippen molar-refractivity contribution in [3.63, 3.8) is 0 Å². The zero-order chi connectivity index (χ0) is 21.6. The molecule has 0 aliphatic carbocycles. The van der Waals surface area contributed by atoms with Crippen LogP contribution >= 0.6 is 0 Å². The van der Waals surface area contributed by atoms with Gasteiger partial charge in [0.25, 0.3) is 0 Å². The van der Waals surface area contributed by atoms with Crippen molar-refractivity contribution in [1.29, 1.82) is 0 Å². The van der Waals surface area contributed by atoms with Gasteiger partial charge in [0.05, 0.1) is 11.5 Å². The number of aryl methyl sites for hydroxylation is 1. The number of nitrogens with zero attached hydrogens (tertiary/aromatic N) is 4. The molecule has 0 amide bonds. The van der Waals surface area contributed by atoms with E-state index in [0.717, 1.165) is 42.7 Å². The van der Waals surface area contributed by atoms with Crippen molar-refractivity contribution in [2.24, 2.45) is 0 Å². The molecule has 1 N–H and O–H groups in total. The van der Waals surface area contributed by atoms with E-state index in [1.807, 2.05) is 47.4 Å². The molecule has 31 heavy (non-hydrogen) atoms. The van der Waals surface area contributed by atoms with Crippen LogP contribution in [0.4, 0.5) is 28.7 Å². The lowest BCUT2D eigenvalue weighted by atomic mass is 10.0. The minimum absolute atomic E-state index is 0.137. The second kappa shape index (κ2) is 9.42. The van der Waals surface area contributed by atoms with Crippen LogP contribution in [0.1, 0.15) is 31.7 Å². The number of nitrogens with one attached hydrogen (secondary N) is 1. The number of hydrogen-bond acceptors (Lipinski definition) is 7. The van der Waals surface area contributed by atoms with Gasteiger partial charge in [0.2, 0.25) is 11.6 Å². The summed E-state index contributed by atoms with van der Waals surface area (Å²) >= 11 is 0. The van der Waals surface area contributed by atoms with Gasteiger partial charge in [-0.05, 0) is 55.2 Å². The van der Waals surface area contributed by atoms with Gasteiger partial charge < -0.3 is 15.0 Å². The number of ether oxygens (including phenoxy) is 1. The van der Waals surface area contributed by atoms with E-state index in [2.05, 4.69) is 28.3 Å². The Morgan fingerprint density at radius 3 is 2.74 bits per heavy atom. The summed E-state index contributed by atoms with van der Waals surface area (Å²) in [7, 11) is 0. The van der Waals surface area contributed by atoms with Crippen molar-refractivity contribution in [2.75, 3.05) is 23.4 Å². The van der Waals surface area contributed by atoms with Gasteiger partial charge in [-0.2, -0.15) is 0 Å². The van der Waals surface area contributed by atoms with Crippen LogP contribution < -0.4 is 15.0 Å². The van der Waals surface area contributed by atoms with Crippen molar-refractivity contribution in [3.05, 3.63) is 70.5 Å². The van der Waals surface area contributed by atoms with Gasteiger partial charge in [0, 0.05) is 17.9 Å². The molecule has 8 heteroatoms. The molecule has 0 radical (unpaired) electrons. The van der Waals surface area contributed by atoms with Gasteiger partial charge in [-0.3, -0.25) is 10.1 Å². The van der Waals surface area contributed by atoms with E-state index in [9.17, 15) is 10.1 Å². The summed E-state index contributed by atoms with van der Waals surface area (Å²) in [4.78, 5) is 22.0. The summed E-state index contributed by atoms with van der Waals surface area (Å²) in [6, 6.07) is 15.3. The molecule has 1 aromatic heterocycles. The largest absolute Gasteiger partial charge is 0.494 e. The fourth-order valence-electron chi connectivity index (χ4n) is 3.69. The maximum Gasteiger partial charge on any atom is 0.354 e. The smallest absolute Gasteiger partial charge is 0.354 e. The fraction of sp³-hybridized carbons (Fsp3) is 0.304. The predicted molar refractivity (Wildman–Crippen MR) is 121 cm³/mol. The molecule has 0 atom stereocenters. The van der Waals surface area contributed by atoms with Crippen molar-refractivity contribution in [1.82, 2.24) is 9.97 Å². The SMILES string of the molecule is CCCCOc1ccc(Nc2ncnc(N3CCCc4ccccc43)c2[N+](=O)[O-])cc1. The lowest BCUT2D eigenvalue weighted by Gasteiger charge is -2.30. The van der Waals surface area contributed by atoms with Gasteiger partial charge in [-0.25, -0.2) is 9.97 Å². The van der Waals surface area contributed by atoms with E-state index in [1.54, 1.807) is 0 Å². The molecule has 160 valence electrons.